The van der Waals surface area contributed by atoms with Crippen molar-refractivity contribution in [2.75, 3.05) is 6.54 Å². The Balaban J connectivity index is 3.61. The van der Waals surface area contributed by atoms with Gasteiger partial charge in [-0.2, -0.15) is 12.6 Å². The van der Waals surface area contributed by atoms with Gasteiger partial charge in [-0.15, -0.1) is 0 Å². The van der Waals surface area contributed by atoms with Gasteiger partial charge in [0.1, 0.15) is 0 Å². The van der Waals surface area contributed by atoms with Crippen molar-refractivity contribution in [3.63, 3.8) is 0 Å². The van der Waals surface area contributed by atoms with Crippen LogP contribution in [0.2, 0.25) is 0 Å². The van der Waals surface area contributed by atoms with Crippen LogP contribution >= 0.6 is 12.6 Å². The summed E-state index contributed by atoms with van der Waals surface area (Å²) in [5, 5.41) is 8.83. The summed E-state index contributed by atoms with van der Waals surface area (Å²) in [6.45, 7) is 2.16. The van der Waals surface area contributed by atoms with E-state index in [1.807, 2.05) is 6.92 Å². The molecule has 0 amide bonds. The first kappa shape index (κ1) is 10.8. The predicted molar refractivity (Wildman–Crippen MR) is 47.9 cm³/mol. The molecular weight excluding hydrogens is 162 g/mol. The van der Waals surface area contributed by atoms with Crippen LogP contribution in [0.3, 0.4) is 0 Å². The molecule has 4 heteroatoms. The minimum atomic E-state index is -0.804. The number of thiol groups is 1. The van der Waals surface area contributed by atoms with Gasteiger partial charge in [-0.05, 0) is 18.1 Å². The van der Waals surface area contributed by atoms with E-state index in [1.165, 1.54) is 0 Å². The summed E-state index contributed by atoms with van der Waals surface area (Å²) in [4.78, 5) is 10.4. The first-order chi connectivity index (χ1) is 5.07. The Morgan fingerprint density at radius 2 is 2.18 bits per heavy atom. The number of hydrogen-bond donors (Lipinski definition) is 3. The maximum atomic E-state index is 10.4. The van der Waals surface area contributed by atoms with Gasteiger partial charge in [0.15, 0.2) is 0 Å². The number of carboxylic acid groups (broad SMARTS) is 1. The van der Waals surface area contributed by atoms with Crippen LogP contribution in [-0.4, -0.2) is 22.9 Å². The molecule has 66 valence electrons. The molecule has 2 unspecified atom stereocenters. The lowest BCUT2D eigenvalue weighted by Gasteiger charge is -2.09. The molecule has 0 bridgehead atoms. The maximum Gasteiger partial charge on any atom is 0.307 e. The van der Waals surface area contributed by atoms with Crippen LogP contribution in [-0.2, 0) is 4.79 Å². The molecule has 0 saturated heterocycles. The highest BCUT2D eigenvalue weighted by atomic mass is 32.1. The lowest BCUT2D eigenvalue weighted by molar-refractivity contribution is -0.141. The Kier molecular flexibility index (Phi) is 5.32. The van der Waals surface area contributed by atoms with E-state index in [9.17, 15) is 4.79 Å². The molecular formula is C7H15NO2S. The van der Waals surface area contributed by atoms with Gasteiger partial charge in [-0.3, -0.25) is 4.79 Å². The van der Waals surface area contributed by atoms with E-state index in [2.05, 4.69) is 12.6 Å². The summed E-state index contributed by atoms with van der Waals surface area (Å²) in [6.07, 6.45) is 1.42. The lowest BCUT2D eigenvalue weighted by atomic mass is 10.0. The summed E-state index contributed by atoms with van der Waals surface area (Å²) < 4.78 is 0. The number of carboxylic acids is 1. The molecule has 0 rings (SSSR count). The Hall–Kier alpha value is -0.220. The standard InChI is InChI=1S/C7H15NO2S/c1-5(11)2-3-6(4-8)7(9)10/h5-6,11H,2-4,8H2,1H3,(H,9,10). The Morgan fingerprint density at radius 3 is 2.45 bits per heavy atom. The Morgan fingerprint density at radius 1 is 1.64 bits per heavy atom. The molecule has 0 aliphatic heterocycles. The van der Waals surface area contributed by atoms with Gasteiger partial charge < -0.3 is 10.8 Å². The zero-order valence-corrected chi connectivity index (χ0v) is 7.55. The number of nitrogens with two attached hydrogens (primary N) is 1. The fourth-order valence-electron chi connectivity index (χ4n) is 0.785. The van der Waals surface area contributed by atoms with Crippen molar-refractivity contribution in [2.45, 2.75) is 25.0 Å². The number of hydrogen-bond acceptors (Lipinski definition) is 3. The van der Waals surface area contributed by atoms with E-state index in [0.29, 0.717) is 6.42 Å². The number of aliphatic carboxylic acids is 1. The van der Waals surface area contributed by atoms with E-state index >= 15 is 0 Å². The van der Waals surface area contributed by atoms with Gasteiger partial charge in [0.25, 0.3) is 0 Å². The molecule has 0 aromatic heterocycles. The van der Waals surface area contributed by atoms with Gasteiger partial charge in [0, 0.05) is 6.54 Å². The number of rotatable bonds is 5. The van der Waals surface area contributed by atoms with Gasteiger partial charge in [-0.1, -0.05) is 6.92 Å². The smallest absolute Gasteiger partial charge is 0.307 e. The second-order valence-electron chi connectivity index (χ2n) is 2.70. The first-order valence-electron chi connectivity index (χ1n) is 3.68. The Labute approximate surface area is 72.4 Å². The second-order valence-corrected chi connectivity index (χ2v) is 3.58. The molecule has 2 atom stereocenters. The second kappa shape index (κ2) is 5.43. The first-order valence-corrected chi connectivity index (χ1v) is 4.20. The van der Waals surface area contributed by atoms with Crippen molar-refractivity contribution < 1.29 is 9.90 Å². The normalized spacial score (nSPS) is 15.9. The maximum absolute atomic E-state index is 10.4. The molecule has 0 spiro atoms. The summed E-state index contributed by atoms with van der Waals surface area (Å²) in [6, 6.07) is 0. The zero-order chi connectivity index (χ0) is 8.85. The highest BCUT2D eigenvalue weighted by Crippen LogP contribution is 2.10. The van der Waals surface area contributed by atoms with Crippen molar-refractivity contribution in [3.05, 3.63) is 0 Å². The molecule has 11 heavy (non-hydrogen) atoms. The van der Waals surface area contributed by atoms with Crippen LogP contribution in [0.15, 0.2) is 0 Å². The average Bonchev–Trinajstić information content (AvgIpc) is 1.87. The van der Waals surface area contributed by atoms with Gasteiger partial charge >= 0.3 is 5.97 Å². The molecule has 0 aromatic rings. The average molecular weight is 177 g/mol. The summed E-state index contributed by atoms with van der Waals surface area (Å²) >= 11 is 4.15. The molecule has 0 saturated carbocycles. The monoisotopic (exact) mass is 177 g/mol. The number of carbonyl (C=O) groups is 1. The Bertz CT molecular complexity index is 128. The molecule has 3 nitrogen and oxygen atoms in total. The van der Waals surface area contributed by atoms with Crippen molar-refractivity contribution in [1.29, 1.82) is 0 Å². The minimum absolute atomic E-state index is 0.218. The largest absolute Gasteiger partial charge is 0.481 e. The molecule has 0 aromatic carbocycles. The van der Waals surface area contributed by atoms with Crippen LogP contribution in [0, 0.1) is 5.92 Å². The summed E-state index contributed by atoms with van der Waals surface area (Å²) in [7, 11) is 0. The molecule has 0 aliphatic carbocycles. The highest BCUT2D eigenvalue weighted by molar-refractivity contribution is 7.80. The SMILES string of the molecule is CC(S)CCC(CN)C(=O)O. The third-order valence-electron chi connectivity index (χ3n) is 1.57. The molecule has 0 aliphatic rings. The van der Waals surface area contributed by atoms with E-state index in [4.69, 9.17) is 10.8 Å². The van der Waals surface area contributed by atoms with Crippen LogP contribution in [0.25, 0.3) is 0 Å². The quantitative estimate of drug-likeness (QED) is 0.543. The van der Waals surface area contributed by atoms with E-state index in [1.54, 1.807) is 0 Å². The zero-order valence-electron chi connectivity index (χ0n) is 6.66. The van der Waals surface area contributed by atoms with Gasteiger partial charge in [0.05, 0.1) is 5.92 Å². The van der Waals surface area contributed by atoms with E-state index < -0.39 is 11.9 Å². The van der Waals surface area contributed by atoms with Gasteiger partial charge in [-0.25, -0.2) is 0 Å². The summed E-state index contributed by atoms with van der Waals surface area (Å²) in [5.41, 5.74) is 5.25. The third-order valence-corrected chi connectivity index (χ3v) is 1.82. The molecule has 0 radical (unpaired) electrons. The summed E-state index contributed by atoms with van der Waals surface area (Å²) in [5.74, 6) is -1.20. The van der Waals surface area contributed by atoms with Crippen LogP contribution < -0.4 is 5.73 Å². The van der Waals surface area contributed by atoms with Crippen molar-refractivity contribution >= 4 is 18.6 Å². The third kappa shape index (κ3) is 5.09. The topological polar surface area (TPSA) is 63.3 Å². The van der Waals surface area contributed by atoms with Crippen LogP contribution in [0.5, 0.6) is 0 Å². The minimum Gasteiger partial charge on any atom is -0.481 e. The van der Waals surface area contributed by atoms with Crippen molar-refractivity contribution in [1.82, 2.24) is 0 Å². The molecule has 0 fully saturated rings. The van der Waals surface area contributed by atoms with E-state index in [-0.39, 0.29) is 11.8 Å². The lowest BCUT2D eigenvalue weighted by Crippen LogP contribution is -2.23. The molecule has 3 N–H and O–H groups in total. The molecule has 0 heterocycles. The van der Waals surface area contributed by atoms with Crippen LogP contribution in [0.1, 0.15) is 19.8 Å². The predicted octanol–water partition coefficient (Wildman–Crippen LogP) is 0.744. The van der Waals surface area contributed by atoms with E-state index in [0.717, 1.165) is 6.42 Å². The van der Waals surface area contributed by atoms with Crippen LogP contribution in [0.4, 0.5) is 0 Å². The van der Waals surface area contributed by atoms with Gasteiger partial charge in [0.2, 0.25) is 0 Å². The van der Waals surface area contributed by atoms with Crippen molar-refractivity contribution in [3.8, 4) is 0 Å². The fourth-order valence-corrected chi connectivity index (χ4v) is 0.934. The fraction of sp³-hybridized carbons (Fsp3) is 0.857. The highest BCUT2D eigenvalue weighted by Gasteiger charge is 2.15. The van der Waals surface area contributed by atoms with Crippen molar-refractivity contribution in [2.24, 2.45) is 11.7 Å².